The van der Waals surface area contributed by atoms with Gasteiger partial charge in [-0.3, -0.25) is 4.79 Å². The Labute approximate surface area is 114 Å². The molecule has 1 aromatic carbocycles. The molecule has 1 N–H and O–H groups in total. The van der Waals surface area contributed by atoms with Crippen molar-refractivity contribution < 1.29 is 28.6 Å². The lowest BCUT2D eigenvalue weighted by molar-refractivity contribution is -0.154. The van der Waals surface area contributed by atoms with Crippen molar-refractivity contribution in [2.45, 2.75) is 6.10 Å². The van der Waals surface area contributed by atoms with Crippen LogP contribution in [0, 0.1) is 5.82 Å². The van der Waals surface area contributed by atoms with Crippen LogP contribution in [0.5, 0.6) is 5.75 Å². The number of hydrogen-bond acceptors (Lipinski definition) is 4. The van der Waals surface area contributed by atoms with Crippen LogP contribution < -0.4 is 4.74 Å². The van der Waals surface area contributed by atoms with E-state index in [1.54, 1.807) is 0 Å². The molecule has 108 valence electrons. The van der Waals surface area contributed by atoms with Gasteiger partial charge in [0.2, 0.25) is 0 Å². The first-order valence-electron chi connectivity index (χ1n) is 6.00. The van der Waals surface area contributed by atoms with Crippen molar-refractivity contribution in [1.82, 2.24) is 4.90 Å². The van der Waals surface area contributed by atoms with E-state index in [2.05, 4.69) is 0 Å². The van der Waals surface area contributed by atoms with E-state index in [4.69, 9.17) is 14.6 Å². The Morgan fingerprint density at radius 2 is 2.25 bits per heavy atom. The quantitative estimate of drug-likeness (QED) is 0.886. The van der Waals surface area contributed by atoms with Gasteiger partial charge in [-0.15, -0.1) is 0 Å². The highest BCUT2D eigenvalue weighted by atomic mass is 19.1. The Morgan fingerprint density at radius 1 is 1.50 bits per heavy atom. The molecule has 0 spiro atoms. The van der Waals surface area contributed by atoms with Gasteiger partial charge in [0.1, 0.15) is 11.6 Å². The summed E-state index contributed by atoms with van der Waals surface area (Å²) < 4.78 is 23.3. The van der Waals surface area contributed by atoms with Crippen LogP contribution in [0.25, 0.3) is 0 Å². The van der Waals surface area contributed by atoms with E-state index in [1.807, 2.05) is 0 Å². The lowest BCUT2D eigenvalue weighted by Gasteiger charge is -2.31. The number of nitrogens with zero attached hydrogens (tertiary/aromatic N) is 1. The summed E-state index contributed by atoms with van der Waals surface area (Å²) in [5.74, 6) is -1.92. The van der Waals surface area contributed by atoms with Crippen LogP contribution >= 0.6 is 0 Å². The van der Waals surface area contributed by atoms with E-state index in [9.17, 15) is 14.0 Å². The second-order valence-corrected chi connectivity index (χ2v) is 4.29. The Morgan fingerprint density at radius 3 is 2.90 bits per heavy atom. The normalized spacial score (nSPS) is 18.7. The Hall–Kier alpha value is -2.15. The van der Waals surface area contributed by atoms with E-state index in [0.29, 0.717) is 0 Å². The maximum Gasteiger partial charge on any atom is 0.334 e. The molecular weight excluding hydrogens is 269 g/mol. The van der Waals surface area contributed by atoms with Gasteiger partial charge in [0.15, 0.2) is 6.10 Å². The summed E-state index contributed by atoms with van der Waals surface area (Å²) in [6, 6.07) is 3.62. The largest absolute Gasteiger partial charge is 0.496 e. The standard InChI is InChI=1S/C13H14FNO5/c1-19-10-3-2-8(14)6-9(10)12(16)15-4-5-20-11(7-15)13(17)18/h2-3,6,11H,4-5,7H2,1H3,(H,17,18)/t11-/m0/s1. The van der Waals surface area contributed by atoms with Gasteiger partial charge < -0.3 is 19.5 Å². The summed E-state index contributed by atoms with van der Waals surface area (Å²) in [5.41, 5.74) is 0.0681. The average molecular weight is 283 g/mol. The van der Waals surface area contributed by atoms with Gasteiger partial charge in [-0.25, -0.2) is 9.18 Å². The lowest BCUT2D eigenvalue weighted by atomic mass is 10.1. The van der Waals surface area contributed by atoms with Crippen LogP contribution in [0.15, 0.2) is 18.2 Å². The Kier molecular flexibility index (Phi) is 4.19. The van der Waals surface area contributed by atoms with E-state index in [-0.39, 0.29) is 31.0 Å². The average Bonchev–Trinajstić information content (AvgIpc) is 2.46. The molecule has 0 unspecified atom stereocenters. The summed E-state index contributed by atoms with van der Waals surface area (Å²) in [6.07, 6.45) is -1.06. The fraction of sp³-hybridized carbons (Fsp3) is 0.385. The molecule has 1 aliphatic heterocycles. The summed E-state index contributed by atoms with van der Waals surface area (Å²) in [5, 5.41) is 8.91. The van der Waals surface area contributed by atoms with Gasteiger partial charge in [-0.05, 0) is 18.2 Å². The van der Waals surface area contributed by atoms with Crippen LogP contribution in [0.4, 0.5) is 4.39 Å². The second kappa shape index (κ2) is 5.87. The van der Waals surface area contributed by atoms with Crippen molar-refractivity contribution in [3.8, 4) is 5.75 Å². The number of morpholine rings is 1. The number of aliphatic carboxylic acids is 1. The Balaban J connectivity index is 2.22. The number of carboxylic acid groups (broad SMARTS) is 1. The van der Waals surface area contributed by atoms with E-state index in [0.717, 1.165) is 6.07 Å². The number of carbonyl (C=O) groups excluding carboxylic acids is 1. The highest BCUT2D eigenvalue weighted by Crippen LogP contribution is 2.22. The maximum absolute atomic E-state index is 13.3. The molecule has 0 radical (unpaired) electrons. The molecule has 1 fully saturated rings. The number of hydrogen-bond donors (Lipinski definition) is 1. The topological polar surface area (TPSA) is 76.1 Å². The van der Waals surface area contributed by atoms with E-state index >= 15 is 0 Å². The molecule has 2 rings (SSSR count). The molecule has 1 amide bonds. The van der Waals surface area contributed by atoms with Gasteiger partial charge in [0.25, 0.3) is 5.91 Å². The smallest absolute Gasteiger partial charge is 0.334 e. The first-order chi connectivity index (χ1) is 9.52. The molecule has 1 aliphatic rings. The van der Waals surface area contributed by atoms with Gasteiger partial charge in [-0.1, -0.05) is 0 Å². The van der Waals surface area contributed by atoms with Crippen molar-refractivity contribution in [1.29, 1.82) is 0 Å². The first-order valence-corrected chi connectivity index (χ1v) is 6.00. The summed E-state index contributed by atoms with van der Waals surface area (Å²) in [7, 11) is 1.38. The van der Waals surface area contributed by atoms with Gasteiger partial charge in [0, 0.05) is 6.54 Å². The van der Waals surface area contributed by atoms with Crippen LogP contribution in [0.2, 0.25) is 0 Å². The number of benzene rings is 1. The number of halogens is 1. The molecule has 0 bridgehead atoms. The predicted molar refractivity (Wildman–Crippen MR) is 66.2 cm³/mol. The number of carboxylic acids is 1. The van der Waals surface area contributed by atoms with Crippen LogP contribution in [-0.4, -0.2) is 54.8 Å². The minimum atomic E-state index is -1.13. The SMILES string of the molecule is COc1ccc(F)cc1C(=O)N1CCO[C@H](C(=O)O)C1. The van der Waals surface area contributed by atoms with Crippen molar-refractivity contribution in [3.63, 3.8) is 0 Å². The second-order valence-electron chi connectivity index (χ2n) is 4.29. The molecule has 6 nitrogen and oxygen atoms in total. The highest BCUT2D eigenvalue weighted by Gasteiger charge is 2.30. The van der Waals surface area contributed by atoms with Crippen molar-refractivity contribution in [2.75, 3.05) is 26.8 Å². The van der Waals surface area contributed by atoms with Crippen molar-refractivity contribution >= 4 is 11.9 Å². The van der Waals surface area contributed by atoms with E-state index < -0.39 is 23.8 Å². The molecular formula is C13H14FNO5. The number of ether oxygens (including phenoxy) is 2. The molecule has 0 aromatic heterocycles. The molecule has 7 heteroatoms. The van der Waals surface area contributed by atoms with Gasteiger partial charge in [-0.2, -0.15) is 0 Å². The molecule has 1 heterocycles. The maximum atomic E-state index is 13.3. The zero-order chi connectivity index (χ0) is 14.7. The van der Waals surface area contributed by atoms with Crippen molar-refractivity contribution in [2.24, 2.45) is 0 Å². The lowest BCUT2D eigenvalue weighted by Crippen LogP contribution is -2.48. The number of methoxy groups -OCH3 is 1. The molecule has 0 aliphatic carbocycles. The molecule has 1 aromatic rings. The third-order valence-electron chi connectivity index (χ3n) is 3.02. The predicted octanol–water partition coefficient (Wildman–Crippen LogP) is 0.760. The summed E-state index contributed by atoms with van der Waals surface area (Å²) >= 11 is 0. The van der Waals surface area contributed by atoms with Crippen molar-refractivity contribution in [3.05, 3.63) is 29.6 Å². The van der Waals surface area contributed by atoms with Crippen LogP contribution in [0.3, 0.4) is 0 Å². The zero-order valence-electron chi connectivity index (χ0n) is 10.8. The van der Waals surface area contributed by atoms with Gasteiger partial charge in [0.05, 0.1) is 25.8 Å². The van der Waals surface area contributed by atoms with Crippen LogP contribution in [0.1, 0.15) is 10.4 Å². The molecule has 1 saturated heterocycles. The molecule has 20 heavy (non-hydrogen) atoms. The third-order valence-corrected chi connectivity index (χ3v) is 3.02. The summed E-state index contributed by atoms with van der Waals surface area (Å²) in [6.45, 7) is 0.302. The first kappa shape index (κ1) is 14.3. The minimum Gasteiger partial charge on any atom is -0.496 e. The number of carbonyl (C=O) groups is 2. The van der Waals surface area contributed by atoms with Gasteiger partial charge >= 0.3 is 5.97 Å². The zero-order valence-corrected chi connectivity index (χ0v) is 10.8. The molecule has 1 atom stereocenters. The highest BCUT2D eigenvalue weighted by molar-refractivity contribution is 5.97. The number of rotatable bonds is 3. The van der Waals surface area contributed by atoms with E-state index in [1.165, 1.54) is 24.1 Å². The fourth-order valence-electron chi connectivity index (χ4n) is 2.00. The number of amides is 1. The minimum absolute atomic E-state index is 0.0681. The molecule has 0 saturated carbocycles. The Bertz CT molecular complexity index is 533. The fourth-order valence-corrected chi connectivity index (χ4v) is 2.00. The third kappa shape index (κ3) is 2.88. The van der Waals surface area contributed by atoms with Crippen LogP contribution in [-0.2, 0) is 9.53 Å². The monoisotopic (exact) mass is 283 g/mol. The summed E-state index contributed by atoms with van der Waals surface area (Å²) in [4.78, 5) is 24.5.